The molecule has 0 aliphatic rings. The third-order valence-electron chi connectivity index (χ3n) is 5.28. The lowest BCUT2D eigenvalue weighted by molar-refractivity contribution is -0.274. The fourth-order valence-electron chi connectivity index (χ4n) is 3.74. The van der Waals surface area contributed by atoms with Gasteiger partial charge in [0.15, 0.2) is 0 Å². The lowest BCUT2D eigenvalue weighted by Crippen LogP contribution is -2.17. The average Bonchev–Trinajstić information content (AvgIpc) is 3.13. The number of halogens is 5. The quantitative estimate of drug-likeness (QED) is 0.275. The molecule has 1 heterocycles. The maximum Gasteiger partial charge on any atom is 0.573 e. The molecule has 0 amide bonds. The van der Waals surface area contributed by atoms with Crippen LogP contribution in [0.25, 0.3) is 10.9 Å². The van der Waals surface area contributed by atoms with Gasteiger partial charge in [0.2, 0.25) is 0 Å². The van der Waals surface area contributed by atoms with Gasteiger partial charge in [0.25, 0.3) is 10.0 Å². The van der Waals surface area contributed by atoms with E-state index in [1.54, 1.807) is 32.2 Å². The molecule has 0 aliphatic carbocycles. The predicted molar refractivity (Wildman–Crippen MR) is 132 cm³/mol. The summed E-state index contributed by atoms with van der Waals surface area (Å²) in [5.41, 5.74) is 2.60. The maximum absolute atomic E-state index is 13.8. The number of anilines is 2. The van der Waals surface area contributed by atoms with Gasteiger partial charge in [-0.3, -0.25) is 0 Å². The van der Waals surface area contributed by atoms with E-state index in [1.807, 2.05) is 0 Å². The summed E-state index contributed by atoms with van der Waals surface area (Å²) < 4.78 is 83.0. The first-order chi connectivity index (χ1) is 16.5. The monoisotopic (exact) mass is 543 g/mol. The number of rotatable bonds is 7. The minimum absolute atomic E-state index is 0. The zero-order chi connectivity index (χ0) is 25.4. The summed E-state index contributed by atoms with van der Waals surface area (Å²) in [5, 5.41) is 6.78. The van der Waals surface area contributed by atoms with Crippen molar-refractivity contribution in [2.75, 3.05) is 12.4 Å². The SMILES string of the molecule is CNCc1cn(S(=O)(=O)c2cccc(F)c2)c2cc(Nc3ccc(OC(F)(F)F)cc3C)ccc12.Cl. The van der Waals surface area contributed by atoms with Crippen LogP contribution in [0.3, 0.4) is 0 Å². The largest absolute Gasteiger partial charge is 0.573 e. The zero-order valence-corrected chi connectivity index (χ0v) is 20.7. The van der Waals surface area contributed by atoms with Crippen molar-refractivity contribution in [1.29, 1.82) is 0 Å². The molecule has 0 fully saturated rings. The van der Waals surface area contributed by atoms with Gasteiger partial charge in [0.05, 0.1) is 10.4 Å². The summed E-state index contributed by atoms with van der Waals surface area (Å²) in [6, 6.07) is 13.7. The molecule has 0 bridgehead atoms. The van der Waals surface area contributed by atoms with E-state index in [4.69, 9.17) is 0 Å². The van der Waals surface area contributed by atoms with Crippen molar-refractivity contribution in [3.8, 4) is 5.75 Å². The number of hydrogen-bond acceptors (Lipinski definition) is 5. The fraction of sp³-hybridized carbons (Fsp3) is 0.167. The predicted octanol–water partition coefficient (Wildman–Crippen LogP) is 6.11. The van der Waals surface area contributed by atoms with Crippen molar-refractivity contribution >= 4 is 44.7 Å². The Labute approximate surface area is 211 Å². The number of nitrogens with zero attached hydrogens (tertiary/aromatic N) is 1. The fourth-order valence-corrected chi connectivity index (χ4v) is 5.16. The van der Waals surface area contributed by atoms with Gasteiger partial charge in [-0.1, -0.05) is 12.1 Å². The second-order valence-electron chi connectivity index (χ2n) is 7.82. The summed E-state index contributed by atoms with van der Waals surface area (Å²) in [6.45, 7) is 2.01. The van der Waals surface area contributed by atoms with Crippen molar-refractivity contribution in [2.24, 2.45) is 0 Å². The van der Waals surface area contributed by atoms with Crippen LogP contribution in [-0.4, -0.2) is 25.8 Å². The van der Waals surface area contributed by atoms with Gasteiger partial charge in [-0.25, -0.2) is 16.8 Å². The molecule has 4 aromatic rings. The highest BCUT2D eigenvalue weighted by atomic mass is 35.5. The number of ether oxygens (including phenoxy) is 1. The van der Waals surface area contributed by atoms with Crippen LogP contribution in [0.5, 0.6) is 5.75 Å². The van der Waals surface area contributed by atoms with Gasteiger partial charge in [-0.15, -0.1) is 25.6 Å². The Kier molecular flexibility index (Phi) is 7.87. The number of nitrogens with one attached hydrogen (secondary N) is 2. The van der Waals surface area contributed by atoms with Crippen molar-refractivity contribution in [3.05, 3.63) is 83.8 Å². The molecule has 192 valence electrons. The van der Waals surface area contributed by atoms with Gasteiger partial charge in [0.1, 0.15) is 11.6 Å². The molecule has 36 heavy (non-hydrogen) atoms. The van der Waals surface area contributed by atoms with Crippen LogP contribution in [0.2, 0.25) is 0 Å². The lowest BCUT2D eigenvalue weighted by Gasteiger charge is -2.14. The standard InChI is InChI=1S/C24H21F4N3O3S.ClH/c1-15-10-19(34-24(26,27)28)7-9-22(15)30-18-6-8-21-16(13-29-2)14-31(23(21)12-18)35(32,33)20-5-3-4-17(25)11-20;/h3-12,14,29-30H,13H2,1-2H3;1H. The molecule has 0 unspecified atom stereocenters. The third-order valence-corrected chi connectivity index (χ3v) is 6.95. The molecule has 0 aliphatic heterocycles. The Morgan fingerprint density at radius 3 is 2.42 bits per heavy atom. The second kappa shape index (κ2) is 10.4. The Hall–Kier alpha value is -3.28. The van der Waals surface area contributed by atoms with Gasteiger partial charge in [-0.2, -0.15) is 0 Å². The van der Waals surface area contributed by atoms with Crippen LogP contribution < -0.4 is 15.4 Å². The molecule has 0 saturated carbocycles. The summed E-state index contributed by atoms with van der Waals surface area (Å²) in [6.07, 6.45) is -3.31. The minimum Gasteiger partial charge on any atom is -0.406 e. The highest BCUT2D eigenvalue weighted by molar-refractivity contribution is 7.90. The molecule has 4 rings (SSSR count). The second-order valence-corrected chi connectivity index (χ2v) is 9.64. The van der Waals surface area contributed by atoms with E-state index < -0.39 is 22.2 Å². The Bertz CT molecular complexity index is 1500. The zero-order valence-electron chi connectivity index (χ0n) is 19.1. The topological polar surface area (TPSA) is 72.4 Å². The molecule has 0 atom stereocenters. The van der Waals surface area contributed by atoms with Gasteiger partial charge >= 0.3 is 6.36 Å². The normalized spacial score (nSPS) is 11.8. The molecule has 0 radical (unpaired) electrons. The molecule has 2 N–H and O–H groups in total. The molecule has 1 aromatic heterocycles. The summed E-state index contributed by atoms with van der Waals surface area (Å²) >= 11 is 0. The summed E-state index contributed by atoms with van der Waals surface area (Å²) in [7, 11) is -2.38. The summed E-state index contributed by atoms with van der Waals surface area (Å²) in [5.74, 6) is -1.02. The van der Waals surface area contributed by atoms with Gasteiger partial charge in [0, 0.05) is 29.5 Å². The number of fused-ring (bicyclic) bond motifs is 1. The molecule has 6 nitrogen and oxygen atoms in total. The third kappa shape index (κ3) is 5.75. The summed E-state index contributed by atoms with van der Waals surface area (Å²) in [4.78, 5) is -0.195. The van der Waals surface area contributed by atoms with Crippen molar-refractivity contribution in [3.63, 3.8) is 0 Å². The molecular weight excluding hydrogens is 522 g/mol. The van der Waals surface area contributed by atoms with E-state index in [1.165, 1.54) is 36.5 Å². The van der Waals surface area contributed by atoms with Crippen LogP contribution >= 0.6 is 12.4 Å². The molecule has 12 heteroatoms. The average molecular weight is 544 g/mol. The highest BCUT2D eigenvalue weighted by Gasteiger charge is 2.31. The Morgan fingerprint density at radius 1 is 1.03 bits per heavy atom. The molecule has 3 aromatic carbocycles. The number of benzene rings is 3. The van der Waals surface area contributed by atoms with Crippen molar-refractivity contribution < 1.29 is 30.7 Å². The number of alkyl halides is 3. The van der Waals surface area contributed by atoms with Crippen molar-refractivity contribution in [2.45, 2.75) is 24.7 Å². The number of hydrogen-bond donors (Lipinski definition) is 2. The first-order valence-electron chi connectivity index (χ1n) is 10.4. The Morgan fingerprint density at radius 2 is 1.78 bits per heavy atom. The van der Waals surface area contributed by atoms with Crippen LogP contribution in [0.4, 0.5) is 28.9 Å². The Balaban J connectivity index is 0.00000361. The van der Waals surface area contributed by atoms with E-state index >= 15 is 0 Å². The first kappa shape index (κ1) is 27.3. The van der Waals surface area contributed by atoms with E-state index in [2.05, 4.69) is 15.4 Å². The van der Waals surface area contributed by atoms with Crippen molar-refractivity contribution in [1.82, 2.24) is 9.29 Å². The highest BCUT2D eigenvalue weighted by Crippen LogP contribution is 2.32. The van der Waals surface area contributed by atoms with E-state index in [-0.39, 0.29) is 23.1 Å². The smallest absolute Gasteiger partial charge is 0.406 e. The van der Waals surface area contributed by atoms with E-state index in [9.17, 15) is 26.0 Å². The lowest BCUT2D eigenvalue weighted by atomic mass is 10.1. The molecule has 0 spiro atoms. The van der Waals surface area contributed by atoms with Crippen LogP contribution in [-0.2, 0) is 16.6 Å². The van der Waals surface area contributed by atoms with Crippen LogP contribution in [0, 0.1) is 12.7 Å². The van der Waals surface area contributed by atoms with E-state index in [0.717, 1.165) is 21.7 Å². The molecular formula is C24H22ClF4N3O3S. The molecule has 0 saturated heterocycles. The van der Waals surface area contributed by atoms with Gasteiger partial charge < -0.3 is 15.4 Å². The number of aromatic nitrogens is 1. The van der Waals surface area contributed by atoms with Crippen LogP contribution in [0.1, 0.15) is 11.1 Å². The van der Waals surface area contributed by atoms with Gasteiger partial charge in [-0.05, 0) is 73.6 Å². The van der Waals surface area contributed by atoms with Crippen LogP contribution in [0.15, 0.2) is 71.8 Å². The number of aryl methyl sites for hydroxylation is 1. The first-order valence-corrected chi connectivity index (χ1v) is 11.8. The minimum atomic E-state index is -4.80. The maximum atomic E-state index is 13.8. The van der Waals surface area contributed by atoms with E-state index in [0.29, 0.717) is 34.4 Å².